The number of ether oxygens (including phenoxy) is 1. The second-order valence-corrected chi connectivity index (χ2v) is 8.44. The average molecular weight is 418 g/mol. The Morgan fingerprint density at radius 2 is 1.97 bits per heavy atom. The molecule has 1 heterocycles. The van der Waals surface area contributed by atoms with Crippen molar-refractivity contribution in [3.05, 3.63) is 60.1 Å². The Kier molecular flexibility index (Phi) is 6.50. The highest BCUT2D eigenvalue weighted by atomic mass is 32.2. The fourth-order valence-corrected chi connectivity index (χ4v) is 3.39. The Bertz CT molecular complexity index is 976. The van der Waals surface area contributed by atoms with Crippen LogP contribution in [0.15, 0.2) is 58.1 Å². The molecule has 1 aromatic heterocycles. The van der Waals surface area contributed by atoms with Gasteiger partial charge in [0, 0.05) is 12.1 Å². The summed E-state index contributed by atoms with van der Waals surface area (Å²) in [4.78, 5) is 23.7. The average Bonchev–Trinajstić information content (AvgIpc) is 3.35. The predicted octanol–water partition coefficient (Wildman–Crippen LogP) is 1.98. The molecule has 1 saturated carbocycles. The van der Waals surface area contributed by atoms with Crippen molar-refractivity contribution >= 4 is 28.0 Å². The number of amides is 1. The van der Waals surface area contributed by atoms with Gasteiger partial charge in [0.1, 0.15) is 5.76 Å². The Labute approximate surface area is 169 Å². The molecule has 0 aliphatic heterocycles. The maximum Gasteiger partial charge on any atom is 0.331 e. The molecule has 1 amide bonds. The summed E-state index contributed by atoms with van der Waals surface area (Å²) in [6.45, 7) is 1.56. The van der Waals surface area contributed by atoms with Crippen molar-refractivity contribution in [2.24, 2.45) is 0 Å². The van der Waals surface area contributed by atoms with Gasteiger partial charge in [0.25, 0.3) is 5.91 Å². The van der Waals surface area contributed by atoms with Gasteiger partial charge in [0.05, 0.1) is 17.7 Å². The summed E-state index contributed by atoms with van der Waals surface area (Å²) in [6, 6.07) is 9.54. The largest absolute Gasteiger partial charge is 0.468 e. The van der Waals surface area contributed by atoms with Crippen LogP contribution >= 0.6 is 0 Å². The van der Waals surface area contributed by atoms with Gasteiger partial charge in [-0.1, -0.05) is 12.1 Å². The molecule has 0 bridgehead atoms. The topological polar surface area (TPSA) is 115 Å². The molecule has 1 unspecified atom stereocenters. The lowest BCUT2D eigenvalue weighted by molar-refractivity contribution is -0.150. The van der Waals surface area contributed by atoms with E-state index >= 15 is 0 Å². The summed E-state index contributed by atoms with van der Waals surface area (Å²) in [5, 5.41) is 2.76. The lowest BCUT2D eigenvalue weighted by atomic mass is 10.2. The van der Waals surface area contributed by atoms with E-state index in [1.54, 1.807) is 24.3 Å². The smallest absolute Gasteiger partial charge is 0.331 e. The Morgan fingerprint density at radius 1 is 1.24 bits per heavy atom. The van der Waals surface area contributed by atoms with Gasteiger partial charge in [-0.05, 0) is 55.7 Å². The second-order valence-electron chi connectivity index (χ2n) is 6.67. The molecule has 1 fully saturated rings. The first-order chi connectivity index (χ1) is 13.8. The molecule has 1 aromatic carbocycles. The molecule has 2 N–H and O–H groups in total. The number of carbonyl (C=O) groups is 2. The highest BCUT2D eigenvalue weighted by Crippen LogP contribution is 2.19. The van der Waals surface area contributed by atoms with Crippen molar-refractivity contribution in [1.82, 2.24) is 10.0 Å². The number of hydrogen-bond donors (Lipinski definition) is 2. The molecular formula is C20H22N2O6S. The van der Waals surface area contributed by atoms with Crippen molar-refractivity contribution in [2.75, 3.05) is 0 Å². The van der Waals surface area contributed by atoms with Crippen LogP contribution in [0.3, 0.4) is 0 Å². The predicted molar refractivity (Wildman–Crippen MR) is 105 cm³/mol. The number of furan rings is 1. The van der Waals surface area contributed by atoms with Crippen LogP contribution in [-0.2, 0) is 30.9 Å². The van der Waals surface area contributed by atoms with Gasteiger partial charge in [0.15, 0.2) is 6.10 Å². The highest BCUT2D eigenvalue weighted by Gasteiger charge is 2.26. The molecule has 1 aliphatic carbocycles. The van der Waals surface area contributed by atoms with Crippen molar-refractivity contribution in [3.8, 4) is 0 Å². The van der Waals surface area contributed by atoms with Gasteiger partial charge >= 0.3 is 5.97 Å². The number of sulfonamides is 1. The van der Waals surface area contributed by atoms with E-state index in [-0.39, 0.29) is 23.4 Å². The van der Waals surface area contributed by atoms with Crippen LogP contribution < -0.4 is 10.0 Å². The molecule has 0 saturated heterocycles. The number of esters is 1. The molecule has 29 heavy (non-hydrogen) atoms. The van der Waals surface area contributed by atoms with Crippen LogP contribution in [0.25, 0.3) is 6.08 Å². The number of benzene rings is 1. The molecule has 9 heteroatoms. The van der Waals surface area contributed by atoms with E-state index in [9.17, 15) is 18.0 Å². The van der Waals surface area contributed by atoms with E-state index in [1.807, 2.05) is 0 Å². The summed E-state index contributed by atoms with van der Waals surface area (Å²) in [5.41, 5.74) is 0.613. The van der Waals surface area contributed by atoms with E-state index in [2.05, 4.69) is 10.0 Å². The van der Waals surface area contributed by atoms with Crippen molar-refractivity contribution in [1.29, 1.82) is 0 Å². The number of rotatable bonds is 9. The highest BCUT2D eigenvalue weighted by molar-refractivity contribution is 7.89. The summed E-state index contributed by atoms with van der Waals surface area (Å²) in [7, 11) is -3.68. The summed E-state index contributed by atoms with van der Waals surface area (Å²) in [5.74, 6) is -0.460. The minimum Gasteiger partial charge on any atom is -0.468 e. The fraction of sp³-hybridized carbons (Fsp3) is 0.300. The van der Waals surface area contributed by atoms with Crippen LogP contribution in [0.4, 0.5) is 0 Å². The van der Waals surface area contributed by atoms with Crippen LogP contribution in [0, 0.1) is 0 Å². The third-order valence-electron chi connectivity index (χ3n) is 4.20. The van der Waals surface area contributed by atoms with E-state index in [0.717, 1.165) is 12.8 Å². The lowest BCUT2D eigenvalue weighted by Crippen LogP contribution is -2.36. The number of carbonyl (C=O) groups excluding carboxylic acids is 2. The first-order valence-electron chi connectivity index (χ1n) is 9.15. The summed E-state index contributed by atoms with van der Waals surface area (Å²) >= 11 is 0. The third-order valence-corrected chi connectivity index (χ3v) is 5.62. The zero-order valence-electron chi connectivity index (χ0n) is 15.8. The first kappa shape index (κ1) is 20.8. The molecule has 2 aromatic rings. The SMILES string of the molecule is CC(OC(=O)/C=C/c1ccc(S(=O)(=O)NCc2ccco2)cc1)C(=O)NC1CC1. The maximum absolute atomic E-state index is 12.3. The molecule has 154 valence electrons. The van der Waals surface area contributed by atoms with Gasteiger partial charge in [-0.2, -0.15) is 0 Å². The molecule has 3 rings (SSSR count). The van der Waals surface area contributed by atoms with Crippen molar-refractivity contribution in [3.63, 3.8) is 0 Å². The van der Waals surface area contributed by atoms with Crippen molar-refractivity contribution < 1.29 is 27.2 Å². The summed E-state index contributed by atoms with van der Waals surface area (Å²) in [6.07, 6.45) is 5.18. The Hall–Kier alpha value is -2.91. The van der Waals surface area contributed by atoms with Crippen LogP contribution in [0.5, 0.6) is 0 Å². The zero-order valence-corrected chi connectivity index (χ0v) is 16.6. The monoisotopic (exact) mass is 418 g/mol. The Balaban J connectivity index is 1.52. The maximum atomic E-state index is 12.3. The summed E-state index contributed by atoms with van der Waals surface area (Å²) < 4.78 is 37.2. The minimum absolute atomic E-state index is 0.0509. The second kappa shape index (κ2) is 9.06. The van der Waals surface area contributed by atoms with Gasteiger partial charge in [-0.3, -0.25) is 4.79 Å². The molecule has 0 spiro atoms. The first-order valence-corrected chi connectivity index (χ1v) is 10.6. The minimum atomic E-state index is -3.68. The molecule has 1 atom stereocenters. The number of nitrogens with one attached hydrogen (secondary N) is 2. The lowest BCUT2D eigenvalue weighted by Gasteiger charge is -2.11. The van der Waals surface area contributed by atoms with E-state index in [1.165, 1.54) is 37.5 Å². The van der Waals surface area contributed by atoms with Gasteiger partial charge in [-0.15, -0.1) is 0 Å². The van der Waals surface area contributed by atoms with Crippen LogP contribution in [0.2, 0.25) is 0 Å². The normalized spacial score (nSPS) is 15.2. The van der Waals surface area contributed by atoms with E-state index < -0.39 is 22.1 Å². The molecule has 1 aliphatic rings. The van der Waals surface area contributed by atoms with Gasteiger partial charge in [-0.25, -0.2) is 17.9 Å². The fourth-order valence-electron chi connectivity index (χ4n) is 2.40. The molecule has 0 radical (unpaired) electrons. The third kappa shape index (κ3) is 6.30. The molecule has 8 nitrogen and oxygen atoms in total. The Morgan fingerprint density at radius 3 is 2.59 bits per heavy atom. The van der Waals surface area contributed by atoms with Crippen LogP contribution in [-0.4, -0.2) is 32.4 Å². The van der Waals surface area contributed by atoms with Gasteiger partial charge < -0.3 is 14.5 Å². The van der Waals surface area contributed by atoms with Crippen LogP contribution in [0.1, 0.15) is 31.1 Å². The van der Waals surface area contributed by atoms with Crippen molar-refractivity contribution in [2.45, 2.75) is 43.4 Å². The molecular weight excluding hydrogens is 396 g/mol. The standard InChI is InChI=1S/C20H22N2O6S/c1-14(20(24)22-16-7-8-16)28-19(23)11-6-15-4-9-18(10-5-15)29(25,26)21-13-17-3-2-12-27-17/h2-6,9-12,14,16,21H,7-8,13H2,1H3,(H,22,24)/b11-6+. The van der Waals surface area contributed by atoms with Gasteiger partial charge in [0.2, 0.25) is 10.0 Å². The zero-order chi connectivity index (χ0) is 20.9. The quantitative estimate of drug-likeness (QED) is 0.475. The van der Waals surface area contributed by atoms with E-state index in [4.69, 9.17) is 9.15 Å². The van der Waals surface area contributed by atoms with E-state index in [0.29, 0.717) is 11.3 Å². The number of hydrogen-bond acceptors (Lipinski definition) is 6.